The predicted molar refractivity (Wildman–Crippen MR) is 159 cm³/mol. The predicted octanol–water partition coefficient (Wildman–Crippen LogP) is 6.35. The molecular weight excluding hydrogens is 561 g/mol. The summed E-state index contributed by atoms with van der Waals surface area (Å²) in [5.74, 6) is -1.45. The summed E-state index contributed by atoms with van der Waals surface area (Å²) in [5, 5.41) is 13.0. The van der Waals surface area contributed by atoms with Gasteiger partial charge < -0.3 is 15.0 Å². The zero-order valence-corrected chi connectivity index (χ0v) is 23.9. The van der Waals surface area contributed by atoms with Crippen LogP contribution >= 0.6 is 23.2 Å². The molecule has 1 aliphatic heterocycles. The Hall–Kier alpha value is -3.36. The number of nitrogens with zero attached hydrogens (tertiary/aromatic N) is 1. The fourth-order valence-electron chi connectivity index (χ4n) is 6.37. The van der Waals surface area contributed by atoms with E-state index in [4.69, 9.17) is 28.0 Å². The SMILES string of the molecule is O=C(NOCCc1c[nH]c2ccccc12)[C@@H]1c2ccccc2C(=O)N([C@H]2CCCC[C@@H]2O)[C@H]1c1ccc(Cl)cc1Cl. The number of hydrogen-bond donors (Lipinski definition) is 3. The van der Waals surface area contributed by atoms with E-state index in [0.717, 1.165) is 29.3 Å². The van der Waals surface area contributed by atoms with E-state index in [1.54, 1.807) is 41.3 Å². The van der Waals surface area contributed by atoms with Crippen LogP contribution in [0.1, 0.15) is 64.7 Å². The van der Waals surface area contributed by atoms with E-state index in [0.29, 0.717) is 46.0 Å². The van der Waals surface area contributed by atoms with Gasteiger partial charge in [-0.3, -0.25) is 14.4 Å². The van der Waals surface area contributed by atoms with Crippen LogP contribution in [0.3, 0.4) is 0 Å². The van der Waals surface area contributed by atoms with Crippen LogP contribution in [-0.4, -0.2) is 45.6 Å². The lowest BCUT2D eigenvalue weighted by Crippen LogP contribution is -2.55. The Bertz CT molecular complexity index is 1590. The number of aliphatic hydroxyl groups excluding tert-OH is 1. The van der Waals surface area contributed by atoms with E-state index >= 15 is 0 Å². The van der Waals surface area contributed by atoms with Crippen molar-refractivity contribution in [2.75, 3.05) is 6.61 Å². The third-order valence-corrected chi connectivity index (χ3v) is 8.87. The molecule has 1 fully saturated rings. The van der Waals surface area contributed by atoms with Crippen molar-refractivity contribution in [1.82, 2.24) is 15.4 Å². The first-order valence-corrected chi connectivity index (χ1v) is 14.7. The number of rotatable bonds is 7. The normalized spacial score (nSPS) is 22.5. The van der Waals surface area contributed by atoms with Gasteiger partial charge in [-0.25, -0.2) is 5.48 Å². The van der Waals surface area contributed by atoms with Crippen molar-refractivity contribution in [3.8, 4) is 0 Å². The van der Waals surface area contributed by atoms with Gasteiger partial charge in [-0.2, -0.15) is 0 Å². The van der Waals surface area contributed by atoms with Gasteiger partial charge in [0.15, 0.2) is 0 Å². The Labute approximate surface area is 248 Å². The Morgan fingerprint density at radius 1 is 1.02 bits per heavy atom. The van der Waals surface area contributed by atoms with E-state index in [9.17, 15) is 14.7 Å². The molecule has 1 aliphatic carbocycles. The first-order chi connectivity index (χ1) is 19.9. The molecule has 7 nitrogen and oxygen atoms in total. The maximum Gasteiger partial charge on any atom is 0.255 e. The van der Waals surface area contributed by atoms with Gasteiger partial charge in [0, 0.05) is 39.1 Å². The summed E-state index contributed by atoms with van der Waals surface area (Å²) in [7, 11) is 0. The van der Waals surface area contributed by atoms with E-state index in [1.165, 1.54) is 0 Å². The van der Waals surface area contributed by atoms with Crippen molar-refractivity contribution in [2.24, 2.45) is 0 Å². The number of fused-ring (bicyclic) bond motifs is 2. The standard InChI is InChI=1S/C32H31Cl2N3O4/c33-20-13-14-24(25(34)17-20)30-29(31(39)36-41-16-15-19-18-35-26-10-4-3-7-21(19)26)22-8-1-2-9-23(22)32(40)37(30)27-11-5-6-12-28(27)38/h1-4,7-10,13-14,17-18,27-30,35,38H,5-6,11-12,15-16H2,(H,36,39)/t27-,28-,29+,30-/m0/s1. The van der Waals surface area contributed by atoms with Gasteiger partial charge in [-0.15, -0.1) is 0 Å². The third-order valence-electron chi connectivity index (χ3n) is 8.31. The summed E-state index contributed by atoms with van der Waals surface area (Å²) in [5.41, 5.74) is 6.42. The second kappa shape index (κ2) is 11.9. The minimum atomic E-state index is -0.829. The first kappa shape index (κ1) is 27.8. The van der Waals surface area contributed by atoms with E-state index in [-0.39, 0.29) is 12.5 Å². The largest absolute Gasteiger partial charge is 0.391 e. The molecule has 2 aliphatic rings. The molecule has 3 aromatic carbocycles. The number of hydroxylamine groups is 1. The van der Waals surface area contributed by atoms with Gasteiger partial charge >= 0.3 is 0 Å². The van der Waals surface area contributed by atoms with Crippen LogP contribution in [0, 0.1) is 0 Å². The summed E-state index contributed by atoms with van der Waals surface area (Å²) in [4.78, 5) is 38.7. The Morgan fingerprint density at radius 2 is 1.80 bits per heavy atom. The van der Waals surface area contributed by atoms with Crippen LogP contribution in [0.25, 0.3) is 10.9 Å². The monoisotopic (exact) mass is 591 g/mol. The smallest absolute Gasteiger partial charge is 0.255 e. The van der Waals surface area contributed by atoms with Gasteiger partial charge in [-0.05, 0) is 53.8 Å². The van der Waals surface area contributed by atoms with Crippen LogP contribution < -0.4 is 5.48 Å². The summed E-state index contributed by atoms with van der Waals surface area (Å²) >= 11 is 13.0. The molecule has 4 atom stereocenters. The lowest BCUT2D eigenvalue weighted by Gasteiger charge is -2.48. The highest BCUT2D eigenvalue weighted by molar-refractivity contribution is 6.35. The molecule has 0 bridgehead atoms. The van der Waals surface area contributed by atoms with E-state index in [1.807, 2.05) is 36.5 Å². The number of H-pyrrole nitrogens is 1. The zero-order chi connectivity index (χ0) is 28.5. The molecule has 0 radical (unpaired) electrons. The number of benzene rings is 3. The topological polar surface area (TPSA) is 94.7 Å². The number of halogens is 2. The number of hydrogen-bond acceptors (Lipinski definition) is 4. The second-order valence-corrected chi connectivity index (χ2v) is 11.6. The lowest BCUT2D eigenvalue weighted by atomic mass is 9.77. The van der Waals surface area contributed by atoms with Crippen molar-refractivity contribution in [1.29, 1.82) is 0 Å². The van der Waals surface area contributed by atoms with E-state index in [2.05, 4.69) is 10.5 Å². The van der Waals surface area contributed by atoms with Gasteiger partial charge in [0.05, 0.1) is 30.7 Å². The fourth-order valence-corrected chi connectivity index (χ4v) is 6.89. The van der Waals surface area contributed by atoms with Crippen LogP contribution in [0.4, 0.5) is 0 Å². The van der Waals surface area contributed by atoms with Crippen LogP contribution in [0.15, 0.2) is 72.9 Å². The van der Waals surface area contributed by atoms with Crippen LogP contribution in [0.2, 0.25) is 10.0 Å². The average Bonchev–Trinajstić information content (AvgIpc) is 3.39. The highest BCUT2D eigenvalue weighted by Gasteiger charge is 2.49. The number of aliphatic hydroxyl groups is 1. The maximum absolute atomic E-state index is 14.1. The molecule has 2 amide bonds. The minimum absolute atomic E-state index is 0.230. The number of carbonyl (C=O) groups excluding carboxylic acids is 2. The minimum Gasteiger partial charge on any atom is -0.391 e. The van der Waals surface area contributed by atoms with Crippen molar-refractivity contribution < 1.29 is 19.5 Å². The number of para-hydroxylation sites is 1. The van der Waals surface area contributed by atoms with Crippen molar-refractivity contribution >= 4 is 45.9 Å². The Balaban J connectivity index is 1.33. The molecule has 2 heterocycles. The summed E-state index contributed by atoms with van der Waals surface area (Å²) in [6.45, 7) is 0.262. The average molecular weight is 593 g/mol. The molecule has 9 heteroatoms. The molecule has 212 valence electrons. The van der Waals surface area contributed by atoms with Crippen molar-refractivity contribution in [2.45, 2.75) is 56.2 Å². The summed E-state index contributed by atoms with van der Waals surface area (Å²) < 4.78 is 0. The molecule has 41 heavy (non-hydrogen) atoms. The summed E-state index contributed by atoms with van der Waals surface area (Å²) in [6.07, 6.45) is 4.82. The number of nitrogens with one attached hydrogen (secondary N) is 2. The molecule has 1 saturated carbocycles. The highest BCUT2D eigenvalue weighted by atomic mass is 35.5. The molecule has 3 N–H and O–H groups in total. The number of amides is 2. The first-order valence-electron chi connectivity index (χ1n) is 14.0. The van der Waals surface area contributed by atoms with Crippen molar-refractivity contribution in [3.63, 3.8) is 0 Å². The fraction of sp³-hybridized carbons (Fsp3) is 0.312. The van der Waals surface area contributed by atoms with Crippen LogP contribution in [0.5, 0.6) is 0 Å². The van der Waals surface area contributed by atoms with Crippen LogP contribution in [-0.2, 0) is 16.1 Å². The number of aromatic amines is 1. The second-order valence-electron chi connectivity index (χ2n) is 10.7. The number of aromatic nitrogens is 1. The highest BCUT2D eigenvalue weighted by Crippen LogP contribution is 2.47. The summed E-state index contributed by atoms with van der Waals surface area (Å²) in [6, 6.07) is 19.0. The third kappa shape index (κ3) is 5.35. The number of carbonyl (C=O) groups is 2. The molecule has 0 saturated heterocycles. The lowest BCUT2D eigenvalue weighted by molar-refractivity contribution is -0.137. The van der Waals surface area contributed by atoms with Gasteiger partial charge in [0.2, 0.25) is 0 Å². The maximum atomic E-state index is 14.1. The molecule has 6 rings (SSSR count). The molecule has 0 spiro atoms. The van der Waals surface area contributed by atoms with Gasteiger partial charge in [-0.1, -0.05) is 78.5 Å². The Morgan fingerprint density at radius 3 is 2.63 bits per heavy atom. The molecule has 4 aromatic rings. The van der Waals surface area contributed by atoms with Gasteiger partial charge in [0.1, 0.15) is 0 Å². The quantitative estimate of drug-likeness (QED) is 0.172. The van der Waals surface area contributed by atoms with Gasteiger partial charge in [0.25, 0.3) is 11.8 Å². The Kier molecular flexibility index (Phi) is 8.04. The van der Waals surface area contributed by atoms with E-state index < -0.39 is 30.0 Å². The zero-order valence-electron chi connectivity index (χ0n) is 22.4. The van der Waals surface area contributed by atoms with Crippen molar-refractivity contribution in [3.05, 3.63) is 105 Å². The molecule has 0 unspecified atom stereocenters. The molecule has 1 aromatic heterocycles. The molecular formula is C32H31Cl2N3O4.